The van der Waals surface area contributed by atoms with Crippen LogP contribution in [-0.4, -0.2) is 29.5 Å². The van der Waals surface area contributed by atoms with Gasteiger partial charge in [-0.3, -0.25) is 0 Å². The molecule has 1 fully saturated rings. The van der Waals surface area contributed by atoms with E-state index in [0.29, 0.717) is 23.0 Å². The predicted octanol–water partition coefficient (Wildman–Crippen LogP) is 1.60. The summed E-state index contributed by atoms with van der Waals surface area (Å²) in [5, 5.41) is 0. The number of anilines is 1. The lowest BCUT2D eigenvalue weighted by atomic mass is 10.0. The van der Waals surface area contributed by atoms with E-state index in [9.17, 15) is 12.8 Å². The summed E-state index contributed by atoms with van der Waals surface area (Å²) in [7, 11) is -3.06. The fourth-order valence-electron chi connectivity index (χ4n) is 2.96. The molecule has 1 saturated heterocycles. The number of aryl methyl sites for hydroxylation is 1. The average molecular weight is 297 g/mol. The molecule has 7 heteroatoms. The molecule has 1 aliphatic heterocycles. The molecular formula is C13H16FN3O2S. The van der Waals surface area contributed by atoms with Crippen LogP contribution in [0.3, 0.4) is 0 Å². The van der Waals surface area contributed by atoms with Crippen molar-refractivity contribution >= 4 is 26.8 Å². The Kier molecular flexibility index (Phi) is 2.63. The minimum atomic E-state index is -3.06. The third-order valence-electron chi connectivity index (χ3n) is 3.98. The van der Waals surface area contributed by atoms with E-state index in [1.807, 2.05) is 6.92 Å². The molecule has 2 aromatic rings. The number of imidazole rings is 1. The lowest BCUT2D eigenvalue weighted by molar-refractivity contribution is 0.381. The highest BCUT2D eigenvalue weighted by atomic mass is 32.2. The monoisotopic (exact) mass is 297 g/mol. The molecule has 0 radical (unpaired) electrons. The van der Waals surface area contributed by atoms with Gasteiger partial charge in [0.2, 0.25) is 5.95 Å². The maximum Gasteiger partial charge on any atom is 0.201 e. The highest BCUT2D eigenvalue weighted by Gasteiger charge is 2.41. The first-order valence-corrected chi connectivity index (χ1v) is 8.19. The standard InChI is InChI=1S/C13H16FN3O2S/c1-8-5-11-10(6-9(8)14)16-12(15)17(11)13(2)3-4-20(18,19)7-13/h5-6H,3-4,7H2,1-2H3,(H2,15,16). The summed E-state index contributed by atoms with van der Waals surface area (Å²) in [5.41, 5.74) is 6.94. The molecule has 1 atom stereocenters. The Balaban J connectivity index is 2.27. The van der Waals surface area contributed by atoms with Crippen molar-refractivity contribution in [2.24, 2.45) is 0 Å². The first kappa shape index (κ1) is 13.4. The van der Waals surface area contributed by atoms with Crippen LogP contribution in [0.4, 0.5) is 10.3 Å². The normalized spacial score (nSPS) is 25.4. The third kappa shape index (κ3) is 1.88. The Morgan fingerprint density at radius 3 is 2.75 bits per heavy atom. The predicted molar refractivity (Wildman–Crippen MR) is 75.8 cm³/mol. The van der Waals surface area contributed by atoms with Gasteiger partial charge in [0, 0.05) is 6.07 Å². The molecular weight excluding hydrogens is 281 g/mol. The van der Waals surface area contributed by atoms with Crippen LogP contribution in [0.15, 0.2) is 12.1 Å². The van der Waals surface area contributed by atoms with Crippen LogP contribution >= 0.6 is 0 Å². The van der Waals surface area contributed by atoms with Gasteiger partial charge >= 0.3 is 0 Å². The van der Waals surface area contributed by atoms with E-state index in [2.05, 4.69) is 4.98 Å². The van der Waals surface area contributed by atoms with Gasteiger partial charge in [0.1, 0.15) is 5.82 Å². The first-order valence-electron chi connectivity index (χ1n) is 6.37. The molecule has 0 spiro atoms. The van der Waals surface area contributed by atoms with Gasteiger partial charge in [-0.15, -0.1) is 0 Å². The topological polar surface area (TPSA) is 78.0 Å². The molecule has 1 aromatic carbocycles. The first-order chi connectivity index (χ1) is 9.22. The van der Waals surface area contributed by atoms with E-state index in [1.54, 1.807) is 17.6 Å². The van der Waals surface area contributed by atoms with Crippen molar-refractivity contribution in [1.29, 1.82) is 0 Å². The fourth-order valence-corrected chi connectivity index (χ4v) is 5.07. The molecule has 0 aliphatic carbocycles. The summed E-state index contributed by atoms with van der Waals surface area (Å²) < 4.78 is 38.9. The molecule has 1 aliphatic rings. The lowest BCUT2D eigenvalue weighted by Crippen LogP contribution is -2.32. The van der Waals surface area contributed by atoms with Gasteiger partial charge in [-0.05, 0) is 31.9 Å². The summed E-state index contributed by atoms with van der Waals surface area (Å²) >= 11 is 0. The van der Waals surface area contributed by atoms with Crippen molar-refractivity contribution < 1.29 is 12.8 Å². The molecule has 5 nitrogen and oxygen atoms in total. The number of nitrogens with zero attached hydrogens (tertiary/aromatic N) is 2. The second-order valence-corrected chi connectivity index (χ2v) is 7.92. The number of fused-ring (bicyclic) bond motifs is 1. The van der Waals surface area contributed by atoms with Crippen molar-refractivity contribution in [1.82, 2.24) is 9.55 Å². The minimum absolute atomic E-state index is 0.0338. The van der Waals surface area contributed by atoms with E-state index in [1.165, 1.54) is 6.07 Å². The number of nitrogen functional groups attached to an aromatic ring is 1. The smallest absolute Gasteiger partial charge is 0.201 e. The molecule has 108 valence electrons. The van der Waals surface area contributed by atoms with Gasteiger partial charge in [0.15, 0.2) is 9.84 Å². The zero-order valence-electron chi connectivity index (χ0n) is 11.4. The van der Waals surface area contributed by atoms with Gasteiger partial charge in [0.05, 0.1) is 28.1 Å². The Morgan fingerprint density at radius 1 is 1.45 bits per heavy atom. The summed E-state index contributed by atoms with van der Waals surface area (Å²) in [4.78, 5) is 4.16. The number of halogens is 1. The zero-order valence-corrected chi connectivity index (χ0v) is 12.2. The number of aromatic nitrogens is 2. The highest BCUT2D eigenvalue weighted by molar-refractivity contribution is 7.91. The Morgan fingerprint density at radius 2 is 2.15 bits per heavy atom. The second kappa shape index (κ2) is 3.94. The van der Waals surface area contributed by atoms with Gasteiger partial charge in [0.25, 0.3) is 0 Å². The van der Waals surface area contributed by atoms with Crippen LogP contribution in [0.25, 0.3) is 11.0 Å². The number of sulfone groups is 1. The quantitative estimate of drug-likeness (QED) is 0.867. The number of hydrogen-bond donors (Lipinski definition) is 1. The van der Waals surface area contributed by atoms with Crippen molar-refractivity contribution in [3.63, 3.8) is 0 Å². The van der Waals surface area contributed by atoms with E-state index < -0.39 is 15.4 Å². The molecule has 0 saturated carbocycles. The molecule has 20 heavy (non-hydrogen) atoms. The highest BCUT2D eigenvalue weighted by Crippen LogP contribution is 2.36. The number of nitrogens with two attached hydrogens (primary N) is 1. The van der Waals surface area contributed by atoms with E-state index in [4.69, 9.17) is 5.73 Å². The van der Waals surface area contributed by atoms with Crippen molar-refractivity contribution in [3.05, 3.63) is 23.5 Å². The zero-order chi connectivity index (χ0) is 14.7. The third-order valence-corrected chi connectivity index (χ3v) is 5.87. The SMILES string of the molecule is Cc1cc2c(cc1F)nc(N)n2C1(C)CCS(=O)(=O)C1. The van der Waals surface area contributed by atoms with Crippen molar-refractivity contribution in [3.8, 4) is 0 Å². The maximum atomic E-state index is 13.6. The van der Waals surface area contributed by atoms with Crippen LogP contribution in [0.5, 0.6) is 0 Å². The Labute approximate surface area is 116 Å². The van der Waals surface area contributed by atoms with Crippen LogP contribution in [0.1, 0.15) is 18.9 Å². The van der Waals surface area contributed by atoms with Crippen molar-refractivity contribution in [2.75, 3.05) is 17.2 Å². The van der Waals surface area contributed by atoms with Crippen LogP contribution < -0.4 is 5.73 Å². The van der Waals surface area contributed by atoms with Crippen LogP contribution in [-0.2, 0) is 15.4 Å². The number of hydrogen-bond acceptors (Lipinski definition) is 4. The molecule has 2 N–H and O–H groups in total. The second-order valence-electron chi connectivity index (χ2n) is 5.73. The summed E-state index contributed by atoms with van der Waals surface area (Å²) in [6.45, 7) is 3.52. The van der Waals surface area contributed by atoms with E-state index in [-0.39, 0.29) is 23.3 Å². The molecule has 1 aromatic heterocycles. The fraction of sp³-hybridized carbons (Fsp3) is 0.462. The van der Waals surface area contributed by atoms with E-state index in [0.717, 1.165) is 0 Å². The molecule has 0 bridgehead atoms. The Hall–Kier alpha value is -1.63. The molecule has 2 heterocycles. The van der Waals surface area contributed by atoms with E-state index >= 15 is 0 Å². The summed E-state index contributed by atoms with van der Waals surface area (Å²) in [5.74, 6) is 0.0606. The summed E-state index contributed by atoms with van der Waals surface area (Å²) in [6.07, 6.45) is 0.488. The molecule has 3 rings (SSSR count). The minimum Gasteiger partial charge on any atom is -0.369 e. The van der Waals surface area contributed by atoms with Gasteiger partial charge < -0.3 is 10.3 Å². The largest absolute Gasteiger partial charge is 0.369 e. The lowest BCUT2D eigenvalue weighted by Gasteiger charge is -2.26. The van der Waals surface area contributed by atoms with Gasteiger partial charge in [-0.25, -0.2) is 17.8 Å². The average Bonchev–Trinajstić information content (AvgIpc) is 2.77. The van der Waals surface area contributed by atoms with Crippen LogP contribution in [0, 0.1) is 12.7 Å². The Bertz CT molecular complexity index is 813. The summed E-state index contributed by atoms with van der Waals surface area (Å²) in [6, 6.07) is 3.01. The number of rotatable bonds is 1. The van der Waals surface area contributed by atoms with Gasteiger partial charge in [-0.1, -0.05) is 0 Å². The molecule has 1 unspecified atom stereocenters. The van der Waals surface area contributed by atoms with Crippen molar-refractivity contribution in [2.45, 2.75) is 25.8 Å². The maximum absolute atomic E-state index is 13.6. The van der Waals surface area contributed by atoms with Gasteiger partial charge in [-0.2, -0.15) is 0 Å². The molecule has 0 amide bonds. The number of benzene rings is 1. The van der Waals surface area contributed by atoms with Crippen LogP contribution in [0.2, 0.25) is 0 Å².